The minimum atomic E-state index is 0. The molecule has 3 aromatic heterocycles. The van der Waals surface area contributed by atoms with Crippen LogP contribution in [-0.2, 0) is 13.1 Å². The molecule has 0 unspecified atom stereocenters. The first-order valence-electron chi connectivity index (χ1n) is 8.30. The van der Waals surface area contributed by atoms with Gasteiger partial charge in [0.2, 0.25) is 0 Å². The van der Waals surface area contributed by atoms with Crippen LogP contribution in [0.15, 0.2) is 39.6 Å². The Balaban J connectivity index is 0.00000196. The molecule has 4 rings (SSSR count). The monoisotopic (exact) mass is 487 g/mol. The molecule has 1 saturated heterocycles. The number of halogens is 1. The molecule has 0 atom stereocenters. The maximum atomic E-state index is 4.90. The first-order chi connectivity index (χ1) is 12.3. The Labute approximate surface area is 172 Å². The molecule has 1 aliphatic heterocycles. The Morgan fingerprint density at radius 2 is 2.15 bits per heavy atom. The van der Waals surface area contributed by atoms with Gasteiger partial charge in [-0.05, 0) is 0 Å². The summed E-state index contributed by atoms with van der Waals surface area (Å²) >= 11 is 1.64. The van der Waals surface area contributed by atoms with Crippen LogP contribution in [0.4, 0.5) is 0 Å². The van der Waals surface area contributed by atoms with Crippen LogP contribution in [0.5, 0.6) is 0 Å². The summed E-state index contributed by atoms with van der Waals surface area (Å²) in [7, 11) is 1.83. The summed E-state index contributed by atoms with van der Waals surface area (Å²) in [5.41, 5.74) is 2.01. The third-order valence-electron chi connectivity index (χ3n) is 4.33. The molecule has 0 bridgehead atoms. The molecule has 10 heteroatoms. The molecule has 1 fully saturated rings. The van der Waals surface area contributed by atoms with E-state index in [1.165, 1.54) is 0 Å². The number of thiazole rings is 1. The van der Waals surface area contributed by atoms with Crippen molar-refractivity contribution in [2.45, 2.75) is 13.1 Å². The van der Waals surface area contributed by atoms with Gasteiger partial charge in [-0.2, -0.15) is 0 Å². The zero-order valence-corrected chi connectivity index (χ0v) is 17.7. The van der Waals surface area contributed by atoms with E-state index in [9.17, 15) is 0 Å². The van der Waals surface area contributed by atoms with E-state index in [1.807, 2.05) is 29.1 Å². The summed E-state index contributed by atoms with van der Waals surface area (Å²) < 4.78 is 6.95. The van der Waals surface area contributed by atoms with Crippen LogP contribution in [0.1, 0.15) is 11.4 Å². The SMILES string of the molecule is CN=C(NCc1cn2ccsc2n1)N1CCN(Cc2ccon2)CC1.I. The van der Waals surface area contributed by atoms with Crippen molar-refractivity contribution in [2.24, 2.45) is 4.99 Å². The first kappa shape index (κ1) is 19.1. The molecule has 0 amide bonds. The fraction of sp³-hybridized carbons (Fsp3) is 0.438. The molecular formula is C16H22IN7OS. The summed E-state index contributed by atoms with van der Waals surface area (Å²) in [5, 5.41) is 9.45. The lowest BCUT2D eigenvalue weighted by molar-refractivity contribution is 0.169. The Hall–Kier alpha value is -1.66. The predicted octanol–water partition coefficient (Wildman–Crippen LogP) is 1.90. The zero-order valence-electron chi connectivity index (χ0n) is 14.5. The quantitative estimate of drug-likeness (QED) is 0.345. The third kappa shape index (κ3) is 4.35. The maximum Gasteiger partial charge on any atom is 0.194 e. The lowest BCUT2D eigenvalue weighted by Crippen LogP contribution is -2.52. The van der Waals surface area contributed by atoms with Crippen LogP contribution in [0.25, 0.3) is 4.96 Å². The molecule has 1 aliphatic rings. The number of nitrogens with zero attached hydrogens (tertiary/aromatic N) is 6. The van der Waals surface area contributed by atoms with Crippen molar-refractivity contribution in [3.63, 3.8) is 0 Å². The summed E-state index contributed by atoms with van der Waals surface area (Å²) in [6.07, 6.45) is 5.71. The fourth-order valence-corrected chi connectivity index (χ4v) is 3.75. The Morgan fingerprint density at radius 1 is 1.31 bits per heavy atom. The lowest BCUT2D eigenvalue weighted by atomic mass is 10.3. The molecule has 0 aromatic carbocycles. The first-order valence-corrected chi connectivity index (χ1v) is 9.18. The number of imidazole rings is 1. The molecule has 26 heavy (non-hydrogen) atoms. The fourth-order valence-electron chi connectivity index (χ4n) is 3.03. The number of piperazine rings is 1. The van der Waals surface area contributed by atoms with Crippen molar-refractivity contribution in [3.05, 3.63) is 41.5 Å². The van der Waals surface area contributed by atoms with Gasteiger partial charge in [-0.15, -0.1) is 35.3 Å². The van der Waals surface area contributed by atoms with Crippen molar-refractivity contribution in [1.29, 1.82) is 0 Å². The van der Waals surface area contributed by atoms with E-state index in [4.69, 9.17) is 4.52 Å². The highest BCUT2D eigenvalue weighted by molar-refractivity contribution is 14.0. The highest BCUT2D eigenvalue weighted by Gasteiger charge is 2.20. The number of hydrogen-bond acceptors (Lipinski definition) is 6. The number of nitrogens with one attached hydrogen (secondary N) is 1. The largest absolute Gasteiger partial charge is 0.364 e. The molecular weight excluding hydrogens is 465 g/mol. The Morgan fingerprint density at radius 3 is 2.85 bits per heavy atom. The minimum Gasteiger partial charge on any atom is -0.364 e. The van der Waals surface area contributed by atoms with Crippen molar-refractivity contribution in [3.8, 4) is 0 Å². The minimum absolute atomic E-state index is 0. The van der Waals surface area contributed by atoms with E-state index >= 15 is 0 Å². The molecule has 4 heterocycles. The lowest BCUT2D eigenvalue weighted by Gasteiger charge is -2.36. The predicted molar refractivity (Wildman–Crippen MR) is 112 cm³/mol. The number of fused-ring (bicyclic) bond motifs is 1. The van der Waals surface area contributed by atoms with Crippen LogP contribution in [0.3, 0.4) is 0 Å². The topological polar surface area (TPSA) is 74.2 Å². The highest BCUT2D eigenvalue weighted by Crippen LogP contribution is 2.11. The van der Waals surface area contributed by atoms with E-state index in [0.717, 1.165) is 55.0 Å². The zero-order chi connectivity index (χ0) is 17.1. The average molecular weight is 487 g/mol. The molecule has 8 nitrogen and oxygen atoms in total. The normalized spacial score (nSPS) is 16.0. The van der Waals surface area contributed by atoms with Crippen LogP contribution >= 0.6 is 35.3 Å². The van der Waals surface area contributed by atoms with Gasteiger partial charge in [0.25, 0.3) is 0 Å². The Kier molecular flexibility index (Phi) is 6.48. The van der Waals surface area contributed by atoms with Gasteiger partial charge in [0, 0.05) is 63.6 Å². The van der Waals surface area contributed by atoms with Crippen molar-refractivity contribution in [2.75, 3.05) is 33.2 Å². The molecule has 3 aromatic rings. The number of aliphatic imine (C=N–C) groups is 1. The molecule has 0 saturated carbocycles. The second kappa shape index (κ2) is 8.82. The van der Waals surface area contributed by atoms with Crippen LogP contribution in [-0.4, -0.2) is 63.5 Å². The van der Waals surface area contributed by atoms with Crippen LogP contribution in [0.2, 0.25) is 0 Å². The van der Waals surface area contributed by atoms with Gasteiger partial charge in [0.1, 0.15) is 6.26 Å². The van der Waals surface area contributed by atoms with Crippen LogP contribution < -0.4 is 5.32 Å². The Bertz CT molecular complexity index is 807. The molecule has 140 valence electrons. The van der Waals surface area contributed by atoms with Crippen molar-refractivity contribution >= 4 is 46.2 Å². The van der Waals surface area contributed by atoms with Crippen molar-refractivity contribution < 1.29 is 4.52 Å². The van der Waals surface area contributed by atoms with Gasteiger partial charge in [-0.1, -0.05) is 5.16 Å². The number of rotatable bonds is 4. The maximum absolute atomic E-state index is 4.90. The van der Waals surface area contributed by atoms with Gasteiger partial charge >= 0.3 is 0 Å². The second-order valence-corrected chi connectivity index (χ2v) is 6.85. The average Bonchev–Trinajstić information content (AvgIpc) is 3.34. The van der Waals surface area contributed by atoms with E-state index in [-0.39, 0.29) is 24.0 Å². The number of guanidine groups is 1. The smallest absolute Gasteiger partial charge is 0.194 e. The van der Waals surface area contributed by atoms with Crippen molar-refractivity contribution in [1.82, 2.24) is 29.7 Å². The van der Waals surface area contributed by atoms with Crippen LogP contribution in [0, 0.1) is 0 Å². The summed E-state index contributed by atoms with van der Waals surface area (Å²) in [6, 6.07) is 1.92. The van der Waals surface area contributed by atoms with E-state index in [1.54, 1.807) is 17.6 Å². The summed E-state index contributed by atoms with van der Waals surface area (Å²) in [6.45, 7) is 5.36. The molecule has 0 radical (unpaired) electrons. The van der Waals surface area contributed by atoms with Gasteiger partial charge in [0.15, 0.2) is 10.9 Å². The number of aromatic nitrogens is 3. The van der Waals surface area contributed by atoms with Gasteiger partial charge in [-0.25, -0.2) is 4.98 Å². The van der Waals surface area contributed by atoms with E-state index < -0.39 is 0 Å². The summed E-state index contributed by atoms with van der Waals surface area (Å²) in [4.78, 5) is 14.7. The van der Waals surface area contributed by atoms with Gasteiger partial charge in [0.05, 0.1) is 17.9 Å². The van der Waals surface area contributed by atoms with Gasteiger partial charge < -0.3 is 14.7 Å². The number of hydrogen-bond donors (Lipinski definition) is 1. The third-order valence-corrected chi connectivity index (χ3v) is 5.10. The standard InChI is InChI=1S/C16H21N7OS.HI/c1-17-15(18-10-14-12-23-7-9-25-16(23)19-14)22-5-3-21(4-6-22)11-13-2-8-24-20-13;/h2,7-9,12H,3-6,10-11H2,1H3,(H,17,18);1H. The molecule has 0 spiro atoms. The van der Waals surface area contributed by atoms with E-state index in [2.05, 4.69) is 36.4 Å². The highest BCUT2D eigenvalue weighted by atomic mass is 127. The second-order valence-electron chi connectivity index (χ2n) is 5.98. The summed E-state index contributed by atoms with van der Waals surface area (Å²) in [5.74, 6) is 0.928. The van der Waals surface area contributed by atoms with E-state index in [0.29, 0.717) is 6.54 Å². The molecule has 1 N–H and O–H groups in total. The molecule has 0 aliphatic carbocycles. The van der Waals surface area contributed by atoms with Gasteiger partial charge in [-0.3, -0.25) is 14.3 Å².